The monoisotopic (exact) mass is 288 g/mol. The van der Waals surface area contributed by atoms with Gasteiger partial charge in [-0.3, -0.25) is 4.79 Å². The lowest BCUT2D eigenvalue weighted by Crippen LogP contribution is -2.29. The molecule has 0 saturated heterocycles. The number of carbonyl (C=O) groups excluding carboxylic acids is 1. The van der Waals surface area contributed by atoms with Gasteiger partial charge in [0.25, 0.3) is 0 Å². The molecule has 1 aromatic carbocycles. The van der Waals surface area contributed by atoms with Crippen LogP contribution < -0.4 is 5.32 Å². The molecule has 1 N–H and O–H groups in total. The lowest BCUT2D eigenvalue weighted by atomic mass is 10.0. The van der Waals surface area contributed by atoms with Gasteiger partial charge in [0.15, 0.2) is 0 Å². The highest BCUT2D eigenvalue weighted by Gasteiger charge is 2.17. The minimum absolute atomic E-state index is 0.243. The van der Waals surface area contributed by atoms with Crippen LogP contribution in [0.5, 0.6) is 0 Å². The summed E-state index contributed by atoms with van der Waals surface area (Å²) in [6.07, 6.45) is 6.85. The van der Waals surface area contributed by atoms with Gasteiger partial charge in [0.05, 0.1) is 0 Å². The molecule has 1 aliphatic carbocycles. The summed E-state index contributed by atoms with van der Waals surface area (Å²) < 4.78 is 0. The molecule has 3 nitrogen and oxygen atoms in total. The Labute approximate surface area is 128 Å². The highest BCUT2D eigenvalue weighted by Crippen LogP contribution is 2.27. The van der Waals surface area contributed by atoms with Crippen molar-refractivity contribution in [2.45, 2.75) is 45.1 Å². The topological polar surface area (TPSA) is 32.3 Å². The fraction of sp³-hybridized carbons (Fsp3) is 0.611. The van der Waals surface area contributed by atoms with Crippen LogP contribution in [0.3, 0.4) is 0 Å². The van der Waals surface area contributed by atoms with Crippen LogP contribution in [-0.2, 0) is 11.3 Å². The van der Waals surface area contributed by atoms with E-state index in [9.17, 15) is 4.79 Å². The van der Waals surface area contributed by atoms with E-state index in [2.05, 4.69) is 41.5 Å². The van der Waals surface area contributed by atoms with Crippen LogP contribution in [0.4, 0.5) is 0 Å². The number of hydrogen-bond donors (Lipinski definition) is 1. The number of nitrogens with one attached hydrogen (secondary N) is 1. The van der Waals surface area contributed by atoms with Gasteiger partial charge in [-0.1, -0.05) is 43.2 Å². The first-order valence-electron chi connectivity index (χ1n) is 8.23. The summed E-state index contributed by atoms with van der Waals surface area (Å²) in [7, 11) is 2.13. The second kappa shape index (κ2) is 8.83. The Hall–Kier alpha value is -1.35. The summed E-state index contributed by atoms with van der Waals surface area (Å²) in [5, 5.41) is 3.06. The van der Waals surface area contributed by atoms with Gasteiger partial charge < -0.3 is 10.2 Å². The summed E-state index contributed by atoms with van der Waals surface area (Å²) in [5.74, 6) is 0.887. The van der Waals surface area contributed by atoms with E-state index in [4.69, 9.17) is 0 Å². The highest BCUT2D eigenvalue weighted by atomic mass is 16.1. The van der Waals surface area contributed by atoms with Crippen LogP contribution in [0.25, 0.3) is 0 Å². The molecule has 21 heavy (non-hydrogen) atoms. The van der Waals surface area contributed by atoms with Crippen LogP contribution >= 0.6 is 0 Å². The van der Waals surface area contributed by atoms with Gasteiger partial charge in [-0.25, -0.2) is 0 Å². The predicted octanol–water partition coefficient (Wildman–Crippen LogP) is 3.21. The second-order valence-electron chi connectivity index (χ2n) is 6.28. The normalized spacial score (nSPS) is 15.5. The molecule has 1 fully saturated rings. The van der Waals surface area contributed by atoms with E-state index in [1.54, 1.807) is 0 Å². The maximum atomic E-state index is 11.8. The molecule has 3 heteroatoms. The molecule has 1 aliphatic rings. The molecule has 116 valence electrons. The van der Waals surface area contributed by atoms with Gasteiger partial charge in [-0.15, -0.1) is 0 Å². The standard InChI is InChI=1S/C18H28N2O/c1-20(15-17-10-3-2-4-11-17)13-7-12-19-18(21)14-16-8-5-6-9-16/h2-4,10-11,16H,5-9,12-15H2,1H3,(H,19,21). The van der Waals surface area contributed by atoms with E-state index in [1.165, 1.54) is 31.2 Å². The summed E-state index contributed by atoms with van der Waals surface area (Å²) >= 11 is 0. The Morgan fingerprint density at radius 2 is 1.95 bits per heavy atom. The molecule has 0 heterocycles. The van der Waals surface area contributed by atoms with Gasteiger partial charge in [0, 0.05) is 19.5 Å². The van der Waals surface area contributed by atoms with Crippen LogP contribution in [0.15, 0.2) is 30.3 Å². The molecule has 0 spiro atoms. The Morgan fingerprint density at radius 1 is 1.24 bits per heavy atom. The van der Waals surface area contributed by atoms with Crippen molar-refractivity contribution in [3.05, 3.63) is 35.9 Å². The van der Waals surface area contributed by atoms with Gasteiger partial charge >= 0.3 is 0 Å². The molecule has 1 saturated carbocycles. The number of rotatable bonds is 8. The molecule has 2 rings (SSSR count). The van der Waals surface area contributed by atoms with E-state index in [0.717, 1.165) is 32.5 Å². The summed E-state index contributed by atoms with van der Waals surface area (Å²) in [6, 6.07) is 10.5. The molecule has 1 amide bonds. The summed E-state index contributed by atoms with van der Waals surface area (Å²) in [5.41, 5.74) is 1.34. The van der Waals surface area contributed by atoms with Crippen molar-refractivity contribution in [3.8, 4) is 0 Å². The average molecular weight is 288 g/mol. The van der Waals surface area contributed by atoms with E-state index >= 15 is 0 Å². The minimum atomic E-state index is 0.243. The third-order valence-electron chi connectivity index (χ3n) is 4.28. The maximum absolute atomic E-state index is 11.8. The number of amides is 1. The molecule has 0 radical (unpaired) electrons. The quantitative estimate of drug-likeness (QED) is 0.745. The third-order valence-corrected chi connectivity index (χ3v) is 4.28. The van der Waals surface area contributed by atoms with Crippen molar-refractivity contribution in [2.75, 3.05) is 20.1 Å². The molecule has 0 unspecified atom stereocenters. The molecule has 0 aliphatic heterocycles. The van der Waals surface area contributed by atoms with Gasteiger partial charge in [0.1, 0.15) is 0 Å². The third kappa shape index (κ3) is 6.30. The molecular weight excluding hydrogens is 260 g/mol. The summed E-state index contributed by atoms with van der Waals surface area (Å²) in [6.45, 7) is 2.78. The van der Waals surface area contributed by atoms with E-state index < -0.39 is 0 Å². The maximum Gasteiger partial charge on any atom is 0.220 e. The van der Waals surface area contributed by atoms with E-state index in [0.29, 0.717) is 5.92 Å². The van der Waals surface area contributed by atoms with E-state index in [1.807, 2.05) is 6.07 Å². The lowest BCUT2D eigenvalue weighted by Gasteiger charge is -2.17. The van der Waals surface area contributed by atoms with Gasteiger partial charge in [0.2, 0.25) is 5.91 Å². The van der Waals surface area contributed by atoms with Crippen molar-refractivity contribution >= 4 is 5.91 Å². The predicted molar refractivity (Wildman–Crippen MR) is 87.0 cm³/mol. The van der Waals surface area contributed by atoms with Crippen molar-refractivity contribution < 1.29 is 4.79 Å². The zero-order valence-electron chi connectivity index (χ0n) is 13.2. The van der Waals surface area contributed by atoms with Crippen LogP contribution in [-0.4, -0.2) is 30.9 Å². The molecule has 0 atom stereocenters. The zero-order valence-corrected chi connectivity index (χ0v) is 13.2. The minimum Gasteiger partial charge on any atom is -0.356 e. The Kier molecular flexibility index (Phi) is 6.74. The molecule has 1 aromatic rings. The Balaban J connectivity index is 1.53. The fourth-order valence-electron chi connectivity index (χ4n) is 3.10. The van der Waals surface area contributed by atoms with Crippen LogP contribution in [0.2, 0.25) is 0 Å². The number of nitrogens with zero attached hydrogens (tertiary/aromatic N) is 1. The molecular formula is C18H28N2O. The first-order chi connectivity index (χ1) is 10.2. The smallest absolute Gasteiger partial charge is 0.220 e. The van der Waals surface area contributed by atoms with Crippen LogP contribution in [0, 0.1) is 5.92 Å². The van der Waals surface area contributed by atoms with Crippen molar-refractivity contribution in [3.63, 3.8) is 0 Å². The van der Waals surface area contributed by atoms with Gasteiger partial charge in [-0.2, -0.15) is 0 Å². The fourth-order valence-corrected chi connectivity index (χ4v) is 3.10. The van der Waals surface area contributed by atoms with Gasteiger partial charge in [-0.05, 0) is 44.3 Å². The Morgan fingerprint density at radius 3 is 2.67 bits per heavy atom. The van der Waals surface area contributed by atoms with Crippen molar-refractivity contribution in [2.24, 2.45) is 5.92 Å². The van der Waals surface area contributed by atoms with E-state index in [-0.39, 0.29) is 5.91 Å². The van der Waals surface area contributed by atoms with Crippen molar-refractivity contribution in [1.82, 2.24) is 10.2 Å². The number of carbonyl (C=O) groups is 1. The SMILES string of the molecule is CN(CCCNC(=O)CC1CCCC1)Cc1ccccc1. The lowest BCUT2D eigenvalue weighted by molar-refractivity contribution is -0.122. The Bertz CT molecular complexity index is 412. The molecule has 0 bridgehead atoms. The highest BCUT2D eigenvalue weighted by molar-refractivity contribution is 5.76. The summed E-state index contributed by atoms with van der Waals surface area (Å²) in [4.78, 5) is 14.1. The first kappa shape index (κ1) is 16.0. The second-order valence-corrected chi connectivity index (χ2v) is 6.28. The average Bonchev–Trinajstić information content (AvgIpc) is 2.97. The number of benzene rings is 1. The van der Waals surface area contributed by atoms with Crippen molar-refractivity contribution in [1.29, 1.82) is 0 Å². The number of hydrogen-bond acceptors (Lipinski definition) is 2. The van der Waals surface area contributed by atoms with Crippen LogP contribution in [0.1, 0.15) is 44.1 Å². The molecule has 0 aromatic heterocycles. The largest absolute Gasteiger partial charge is 0.356 e. The first-order valence-corrected chi connectivity index (χ1v) is 8.23. The zero-order chi connectivity index (χ0) is 14.9.